The molecule has 36 heavy (non-hydrogen) atoms. The van der Waals surface area contributed by atoms with Gasteiger partial charge in [0.2, 0.25) is 5.91 Å². The van der Waals surface area contributed by atoms with E-state index in [-0.39, 0.29) is 18.3 Å². The van der Waals surface area contributed by atoms with Gasteiger partial charge in [-0.15, -0.1) is 0 Å². The highest BCUT2D eigenvalue weighted by Crippen LogP contribution is 2.32. The molecule has 0 atom stereocenters. The highest BCUT2D eigenvalue weighted by Gasteiger charge is 2.35. The van der Waals surface area contributed by atoms with Gasteiger partial charge >= 0.3 is 0 Å². The van der Waals surface area contributed by atoms with Gasteiger partial charge in [0.1, 0.15) is 6.29 Å². The molecule has 5 fully saturated rings. The van der Waals surface area contributed by atoms with Gasteiger partial charge in [-0.05, 0) is 88.9 Å². The summed E-state index contributed by atoms with van der Waals surface area (Å²) < 4.78 is 5.54. The summed E-state index contributed by atoms with van der Waals surface area (Å²) in [4.78, 5) is 17.9. The quantitative estimate of drug-likeness (QED) is 0.438. The maximum atomic E-state index is 13.2. The van der Waals surface area contributed by atoms with Crippen molar-refractivity contribution in [1.29, 1.82) is 0 Å². The van der Waals surface area contributed by atoms with Gasteiger partial charge in [-0.25, -0.2) is 0 Å². The SMILES string of the molecule is COC1CCC(C2CNC(NC3CCC(C(=O)N4CCN(C5CCC(O)CC5)CC4)CC3)NC2)CC1. The predicted molar refractivity (Wildman–Crippen MR) is 141 cm³/mol. The van der Waals surface area contributed by atoms with Crippen molar-refractivity contribution in [2.75, 3.05) is 46.4 Å². The normalized spacial score (nSPS) is 41.2. The van der Waals surface area contributed by atoms with Gasteiger partial charge in [0.05, 0.1) is 12.2 Å². The molecular weight excluding hydrogens is 454 g/mol. The van der Waals surface area contributed by atoms with E-state index in [0.29, 0.717) is 24.1 Å². The number of nitrogens with one attached hydrogen (secondary N) is 3. The molecule has 2 heterocycles. The summed E-state index contributed by atoms with van der Waals surface area (Å²) in [6.45, 7) is 5.93. The van der Waals surface area contributed by atoms with Crippen molar-refractivity contribution in [1.82, 2.24) is 25.8 Å². The number of nitrogens with zero attached hydrogens (tertiary/aromatic N) is 2. The molecule has 4 N–H and O–H groups in total. The van der Waals surface area contributed by atoms with Crippen LogP contribution < -0.4 is 16.0 Å². The molecule has 0 aromatic carbocycles. The molecule has 2 aliphatic heterocycles. The summed E-state index contributed by atoms with van der Waals surface area (Å²) in [6, 6.07) is 1.10. The van der Waals surface area contributed by atoms with E-state index in [1.165, 1.54) is 25.7 Å². The molecule has 0 aromatic heterocycles. The van der Waals surface area contributed by atoms with Gasteiger partial charge in [-0.2, -0.15) is 0 Å². The number of aliphatic hydroxyl groups is 1. The third-order valence-corrected chi connectivity index (χ3v) is 10.2. The Balaban J connectivity index is 0.968. The topological polar surface area (TPSA) is 89.1 Å². The van der Waals surface area contributed by atoms with Crippen LogP contribution in [0.2, 0.25) is 0 Å². The maximum Gasteiger partial charge on any atom is 0.225 e. The van der Waals surface area contributed by atoms with E-state index < -0.39 is 0 Å². The molecule has 206 valence electrons. The van der Waals surface area contributed by atoms with Gasteiger partial charge in [0, 0.05) is 64.4 Å². The van der Waals surface area contributed by atoms with Crippen LogP contribution in [0.1, 0.15) is 77.0 Å². The van der Waals surface area contributed by atoms with Crippen molar-refractivity contribution in [3.8, 4) is 0 Å². The summed E-state index contributed by atoms with van der Waals surface area (Å²) in [5.74, 6) is 2.14. The lowest BCUT2D eigenvalue weighted by Gasteiger charge is -2.43. The third kappa shape index (κ3) is 6.80. The molecule has 1 amide bonds. The molecule has 5 rings (SSSR count). The fourth-order valence-corrected chi connectivity index (χ4v) is 7.66. The third-order valence-electron chi connectivity index (χ3n) is 10.2. The number of hydrogen-bond donors (Lipinski definition) is 4. The Labute approximate surface area is 218 Å². The van der Waals surface area contributed by atoms with Crippen molar-refractivity contribution in [3.05, 3.63) is 0 Å². The summed E-state index contributed by atoms with van der Waals surface area (Å²) in [6.07, 6.45) is 13.9. The van der Waals surface area contributed by atoms with Crippen LogP contribution in [0.15, 0.2) is 0 Å². The average Bonchev–Trinajstić information content (AvgIpc) is 2.94. The molecule has 8 heteroatoms. The Kier molecular flexibility index (Phi) is 9.58. The number of methoxy groups -OCH3 is 1. The lowest BCUT2D eigenvalue weighted by atomic mass is 9.78. The molecule has 8 nitrogen and oxygen atoms in total. The lowest BCUT2D eigenvalue weighted by Crippen LogP contribution is -2.63. The number of hydrogen-bond acceptors (Lipinski definition) is 7. The van der Waals surface area contributed by atoms with E-state index in [1.807, 2.05) is 7.11 Å². The van der Waals surface area contributed by atoms with Crippen LogP contribution in [0.5, 0.6) is 0 Å². The van der Waals surface area contributed by atoms with E-state index in [1.54, 1.807) is 0 Å². The number of carbonyl (C=O) groups is 1. The minimum absolute atomic E-state index is 0.0958. The van der Waals surface area contributed by atoms with Crippen LogP contribution in [0.4, 0.5) is 0 Å². The fourth-order valence-electron chi connectivity index (χ4n) is 7.66. The molecule has 2 saturated heterocycles. The van der Waals surface area contributed by atoms with Gasteiger partial charge in [-0.3, -0.25) is 25.6 Å². The molecule has 0 radical (unpaired) electrons. The summed E-state index contributed by atoms with van der Waals surface area (Å²) in [7, 11) is 1.85. The Morgan fingerprint density at radius 1 is 0.806 bits per heavy atom. The lowest BCUT2D eigenvalue weighted by molar-refractivity contribution is -0.139. The maximum absolute atomic E-state index is 13.2. The highest BCUT2D eigenvalue weighted by molar-refractivity contribution is 5.79. The minimum atomic E-state index is -0.0958. The van der Waals surface area contributed by atoms with Gasteiger partial charge < -0.3 is 14.7 Å². The molecular formula is C28H51N5O3. The van der Waals surface area contributed by atoms with E-state index in [2.05, 4.69) is 25.8 Å². The van der Waals surface area contributed by atoms with Crippen LogP contribution in [0.3, 0.4) is 0 Å². The highest BCUT2D eigenvalue weighted by atomic mass is 16.5. The van der Waals surface area contributed by atoms with E-state index in [4.69, 9.17) is 4.74 Å². The van der Waals surface area contributed by atoms with Gasteiger partial charge in [-0.1, -0.05) is 0 Å². The zero-order valence-electron chi connectivity index (χ0n) is 22.5. The van der Waals surface area contributed by atoms with Crippen molar-refractivity contribution >= 4 is 5.91 Å². The molecule has 0 spiro atoms. The first-order valence-corrected chi connectivity index (χ1v) is 15.1. The summed E-state index contributed by atoms with van der Waals surface area (Å²) in [5, 5.41) is 21.0. The van der Waals surface area contributed by atoms with Crippen LogP contribution in [-0.4, -0.2) is 97.8 Å². The van der Waals surface area contributed by atoms with Crippen LogP contribution in [0, 0.1) is 17.8 Å². The first-order valence-electron chi connectivity index (χ1n) is 15.1. The second-order valence-corrected chi connectivity index (χ2v) is 12.3. The van der Waals surface area contributed by atoms with Crippen LogP contribution >= 0.6 is 0 Å². The number of rotatable bonds is 6. The first-order chi connectivity index (χ1) is 17.6. The second-order valence-electron chi connectivity index (χ2n) is 12.3. The van der Waals surface area contributed by atoms with Gasteiger partial charge in [0.25, 0.3) is 0 Å². The average molecular weight is 506 g/mol. The predicted octanol–water partition coefficient (Wildman–Crippen LogP) is 1.88. The monoisotopic (exact) mass is 505 g/mol. The number of carbonyl (C=O) groups excluding carboxylic acids is 1. The smallest absolute Gasteiger partial charge is 0.225 e. The van der Waals surface area contributed by atoms with Crippen molar-refractivity contribution in [2.24, 2.45) is 17.8 Å². The molecule has 0 aromatic rings. The Morgan fingerprint density at radius 3 is 2.06 bits per heavy atom. The molecule has 3 saturated carbocycles. The number of aliphatic hydroxyl groups excluding tert-OH is 1. The van der Waals surface area contributed by atoms with Crippen molar-refractivity contribution < 1.29 is 14.6 Å². The minimum Gasteiger partial charge on any atom is -0.393 e. The van der Waals surface area contributed by atoms with Crippen molar-refractivity contribution in [3.63, 3.8) is 0 Å². The van der Waals surface area contributed by atoms with E-state index in [0.717, 1.165) is 102 Å². The Morgan fingerprint density at radius 2 is 1.44 bits per heavy atom. The Hall–Kier alpha value is -0.770. The fraction of sp³-hybridized carbons (Fsp3) is 0.964. The summed E-state index contributed by atoms with van der Waals surface area (Å²) in [5.41, 5.74) is 0. The zero-order chi connectivity index (χ0) is 24.9. The Bertz CT molecular complexity index is 671. The standard InChI is InChI=1S/C28H51N5O3/c1-36-26-12-4-20(5-13-26)22-18-29-28(30-19-22)31-23-6-2-21(3-7-23)27(35)33-16-14-32(15-17-33)24-8-10-25(34)11-9-24/h20-26,28-31,34H,2-19H2,1H3. The molecule has 5 aliphatic rings. The summed E-state index contributed by atoms with van der Waals surface area (Å²) >= 11 is 0. The number of piperazine rings is 1. The van der Waals surface area contributed by atoms with Gasteiger partial charge in [0.15, 0.2) is 0 Å². The van der Waals surface area contributed by atoms with E-state index >= 15 is 0 Å². The van der Waals surface area contributed by atoms with E-state index in [9.17, 15) is 9.90 Å². The van der Waals surface area contributed by atoms with Crippen LogP contribution in [-0.2, 0) is 9.53 Å². The second kappa shape index (κ2) is 12.9. The molecule has 3 aliphatic carbocycles. The molecule has 0 bridgehead atoms. The first kappa shape index (κ1) is 26.8. The number of ether oxygens (including phenoxy) is 1. The van der Waals surface area contributed by atoms with Crippen molar-refractivity contribution in [2.45, 2.75) is 108 Å². The zero-order valence-corrected chi connectivity index (χ0v) is 22.5. The largest absolute Gasteiger partial charge is 0.393 e. The van der Waals surface area contributed by atoms with Crippen LogP contribution in [0.25, 0.3) is 0 Å². The number of amides is 1. The molecule has 0 unspecified atom stereocenters.